The summed E-state index contributed by atoms with van der Waals surface area (Å²) in [6, 6.07) is 8.13. The van der Waals surface area contributed by atoms with Gasteiger partial charge in [0.25, 0.3) is 5.56 Å². The second-order valence-corrected chi connectivity index (χ2v) is 3.72. The van der Waals surface area contributed by atoms with Crippen LogP contribution < -0.4 is 5.56 Å². The lowest BCUT2D eigenvalue weighted by molar-refractivity contribution is 0.892. The lowest BCUT2D eigenvalue weighted by atomic mass is 9.90. The topological polar surface area (TPSA) is 45.8 Å². The summed E-state index contributed by atoms with van der Waals surface area (Å²) in [5.41, 5.74) is 4.04. The number of aromatic nitrogens is 2. The van der Waals surface area contributed by atoms with Gasteiger partial charge in [0.15, 0.2) is 0 Å². The van der Waals surface area contributed by atoms with Gasteiger partial charge in [-0.2, -0.15) is 0 Å². The quantitative estimate of drug-likeness (QED) is 0.697. The van der Waals surface area contributed by atoms with Crippen molar-refractivity contribution in [1.29, 1.82) is 0 Å². The summed E-state index contributed by atoms with van der Waals surface area (Å²) < 4.78 is 0. The minimum atomic E-state index is -0.00509. The minimum Gasteiger partial charge on any atom is -0.313 e. The van der Waals surface area contributed by atoms with Gasteiger partial charge in [-0.1, -0.05) is 24.3 Å². The lowest BCUT2D eigenvalue weighted by Crippen LogP contribution is -2.19. The smallest absolute Gasteiger partial charge is 0.254 e. The van der Waals surface area contributed by atoms with Crippen LogP contribution in [0.15, 0.2) is 35.4 Å². The molecular weight excluding hydrogens is 188 g/mol. The molecule has 1 N–H and O–H groups in total. The maximum absolute atomic E-state index is 11.6. The van der Waals surface area contributed by atoms with Gasteiger partial charge >= 0.3 is 0 Å². The summed E-state index contributed by atoms with van der Waals surface area (Å²) in [5.74, 6) is 0. The van der Waals surface area contributed by atoms with Crippen molar-refractivity contribution in [2.75, 3.05) is 0 Å². The number of nitrogens with one attached hydrogen (secondary N) is 1. The molecular formula is C12H10N2O. The van der Waals surface area contributed by atoms with Crippen molar-refractivity contribution in [3.05, 3.63) is 52.1 Å². The van der Waals surface area contributed by atoms with Gasteiger partial charge in [-0.15, -0.1) is 0 Å². The van der Waals surface area contributed by atoms with Crippen molar-refractivity contribution in [3.63, 3.8) is 0 Å². The van der Waals surface area contributed by atoms with E-state index in [2.05, 4.69) is 16.0 Å². The Morgan fingerprint density at radius 2 is 2.07 bits per heavy atom. The average Bonchev–Trinajstić information content (AvgIpc) is 2.29. The third kappa shape index (κ3) is 1.20. The Balaban J connectivity index is 2.35. The Morgan fingerprint density at radius 3 is 3.00 bits per heavy atom. The van der Waals surface area contributed by atoms with E-state index in [1.54, 1.807) is 0 Å². The van der Waals surface area contributed by atoms with Crippen LogP contribution in [0.3, 0.4) is 0 Å². The number of benzene rings is 1. The van der Waals surface area contributed by atoms with E-state index in [4.69, 9.17) is 0 Å². The molecule has 0 unspecified atom stereocenters. The molecule has 15 heavy (non-hydrogen) atoms. The van der Waals surface area contributed by atoms with Crippen molar-refractivity contribution in [2.24, 2.45) is 0 Å². The zero-order valence-corrected chi connectivity index (χ0v) is 8.16. The molecule has 0 aliphatic heterocycles. The van der Waals surface area contributed by atoms with Crippen molar-refractivity contribution in [3.8, 4) is 11.3 Å². The molecule has 1 aliphatic carbocycles. The van der Waals surface area contributed by atoms with Crippen molar-refractivity contribution in [1.82, 2.24) is 9.97 Å². The van der Waals surface area contributed by atoms with Crippen molar-refractivity contribution < 1.29 is 0 Å². The van der Waals surface area contributed by atoms with Crippen LogP contribution in [-0.2, 0) is 12.8 Å². The highest BCUT2D eigenvalue weighted by molar-refractivity contribution is 5.68. The van der Waals surface area contributed by atoms with Crippen LogP contribution >= 0.6 is 0 Å². The third-order valence-corrected chi connectivity index (χ3v) is 2.87. The van der Waals surface area contributed by atoms with Gasteiger partial charge in [0.05, 0.1) is 12.0 Å². The maximum atomic E-state index is 11.6. The van der Waals surface area contributed by atoms with Crippen molar-refractivity contribution in [2.45, 2.75) is 12.8 Å². The number of hydrogen-bond donors (Lipinski definition) is 1. The Hall–Kier alpha value is -1.90. The molecule has 3 rings (SSSR count). The highest BCUT2D eigenvalue weighted by Gasteiger charge is 2.18. The predicted molar refractivity (Wildman–Crippen MR) is 57.7 cm³/mol. The molecule has 0 saturated heterocycles. The van der Waals surface area contributed by atoms with E-state index in [0.29, 0.717) is 0 Å². The number of aromatic amines is 1. The fourth-order valence-corrected chi connectivity index (χ4v) is 2.12. The van der Waals surface area contributed by atoms with Gasteiger partial charge in [-0.3, -0.25) is 4.79 Å². The highest BCUT2D eigenvalue weighted by atomic mass is 16.1. The Morgan fingerprint density at radius 1 is 1.20 bits per heavy atom. The summed E-state index contributed by atoms with van der Waals surface area (Å²) >= 11 is 0. The first-order valence-corrected chi connectivity index (χ1v) is 5.01. The summed E-state index contributed by atoms with van der Waals surface area (Å²) in [7, 11) is 0. The standard InChI is InChI=1S/C12H10N2O/c15-12-10-6-5-8-3-1-2-4-9(8)11(10)13-7-14-12/h1-4,7H,5-6H2,(H,13,14,15). The highest BCUT2D eigenvalue weighted by Crippen LogP contribution is 2.28. The molecule has 2 aromatic rings. The molecule has 1 heterocycles. The first-order chi connectivity index (χ1) is 7.36. The van der Waals surface area contributed by atoms with Crippen LogP contribution in [0.4, 0.5) is 0 Å². The summed E-state index contributed by atoms with van der Waals surface area (Å²) in [5, 5.41) is 0. The predicted octanol–water partition coefficient (Wildman–Crippen LogP) is 1.54. The second-order valence-electron chi connectivity index (χ2n) is 3.72. The van der Waals surface area contributed by atoms with E-state index in [1.807, 2.05) is 18.2 Å². The Labute approximate surface area is 86.8 Å². The van der Waals surface area contributed by atoms with E-state index >= 15 is 0 Å². The average molecular weight is 198 g/mol. The molecule has 0 saturated carbocycles. The number of nitrogens with zero attached hydrogens (tertiary/aromatic N) is 1. The molecule has 0 fully saturated rings. The summed E-state index contributed by atoms with van der Waals surface area (Å²) in [4.78, 5) is 18.5. The maximum Gasteiger partial charge on any atom is 0.254 e. The van der Waals surface area contributed by atoms with Gasteiger partial charge in [0, 0.05) is 11.1 Å². The van der Waals surface area contributed by atoms with Crippen LogP contribution in [-0.4, -0.2) is 9.97 Å². The van der Waals surface area contributed by atoms with Gasteiger partial charge < -0.3 is 4.98 Å². The summed E-state index contributed by atoms with van der Waals surface area (Å²) in [6.45, 7) is 0. The molecule has 0 radical (unpaired) electrons. The van der Waals surface area contributed by atoms with Gasteiger partial charge in [0.2, 0.25) is 0 Å². The largest absolute Gasteiger partial charge is 0.313 e. The van der Waals surface area contributed by atoms with Crippen LogP contribution in [0, 0.1) is 0 Å². The first-order valence-electron chi connectivity index (χ1n) is 5.01. The van der Waals surface area contributed by atoms with Crippen LogP contribution in [0.1, 0.15) is 11.1 Å². The molecule has 3 nitrogen and oxygen atoms in total. The molecule has 1 aromatic carbocycles. The molecule has 3 heteroatoms. The van der Waals surface area contributed by atoms with E-state index < -0.39 is 0 Å². The number of fused-ring (bicyclic) bond motifs is 3. The number of H-pyrrole nitrogens is 1. The number of aryl methyl sites for hydroxylation is 1. The minimum absolute atomic E-state index is 0.00509. The fourth-order valence-electron chi connectivity index (χ4n) is 2.12. The van der Waals surface area contributed by atoms with Gasteiger partial charge in [-0.25, -0.2) is 4.98 Å². The normalized spacial score (nSPS) is 13.1. The first kappa shape index (κ1) is 8.41. The second kappa shape index (κ2) is 3.05. The molecule has 1 aromatic heterocycles. The molecule has 0 bridgehead atoms. The Bertz CT molecular complexity index is 572. The number of hydrogen-bond acceptors (Lipinski definition) is 2. The van der Waals surface area contributed by atoms with Crippen molar-refractivity contribution >= 4 is 0 Å². The Kier molecular flexibility index (Phi) is 1.71. The third-order valence-electron chi connectivity index (χ3n) is 2.87. The van der Waals surface area contributed by atoms with Crippen LogP contribution in [0.2, 0.25) is 0 Å². The summed E-state index contributed by atoms with van der Waals surface area (Å²) in [6.07, 6.45) is 3.19. The van der Waals surface area contributed by atoms with Crippen LogP contribution in [0.5, 0.6) is 0 Å². The van der Waals surface area contributed by atoms with Crippen LogP contribution in [0.25, 0.3) is 11.3 Å². The lowest BCUT2D eigenvalue weighted by Gasteiger charge is -2.16. The fraction of sp³-hybridized carbons (Fsp3) is 0.167. The molecule has 1 aliphatic rings. The van der Waals surface area contributed by atoms with E-state index in [0.717, 1.165) is 29.7 Å². The van der Waals surface area contributed by atoms with E-state index in [9.17, 15) is 4.79 Å². The number of rotatable bonds is 0. The SMILES string of the molecule is O=c1[nH]cnc2c1CCc1ccccc1-2. The zero-order chi connectivity index (χ0) is 10.3. The van der Waals surface area contributed by atoms with E-state index in [1.165, 1.54) is 11.9 Å². The van der Waals surface area contributed by atoms with E-state index in [-0.39, 0.29) is 5.56 Å². The molecule has 74 valence electrons. The monoisotopic (exact) mass is 198 g/mol. The molecule has 0 amide bonds. The van der Waals surface area contributed by atoms with Gasteiger partial charge in [-0.05, 0) is 18.4 Å². The zero-order valence-electron chi connectivity index (χ0n) is 8.16. The molecule has 0 atom stereocenters. The van der Waals surface area contributed by atoms with Gasteiger partial charge in [0.1, 0.15) is 0 Å². The molecule has 0 spiro atoms.